The van der Waals surface area contributed by atoms with Crippen molar-refractivity contribution >= 4 is 11.6 Å². The van der Waals surface area contributed by atoms with E-state index in [0.717, 1.165) is 43.6 Å². The van der Waals surface area contributed by atoms with Crippen LogP contribution in [0.1, 0.15) is 11.7 Å². The lowest BCUT2D eigenvalue weighted by atomic mass is 10.2. The number of anilines is 1. The molecular formula is C17H24N6O2. The smallest absolute Gasteiger partial charge is 0.223 e. The van der Waals surface area contributed by atoms with Crippen LogP contribution in [0.15, 0.2) is 33.8 Å². The Kier molecular flexibility index (Phi) is 5.37. The summed E-state index contributed by atoms with van der Waals surface area (Å²) >= 11 is 0. The van der Waals surface area contributed by atoms with Crippen molar-refractivity contribution in [2.24, 2.45) is 4.99 Å². The van der Waals surface area contributed by atoms with Gasteiger partial charge in [-0.1, -0.05) is 17.3 Å². The number of nitrogens with one attached hydrogen (secondary N) is 1. The predicted octanol–water partition coefficient (Wildman–Crippen LogP) is 1.28. The highest BCUT2D eigenvalue weighted by molar-refractivity contribution is 5.80. The summed E-state index contributed by atoms with van der Waals surface area (Å²) in [5.41, 5.74) is 1.13. The number of guanidine groups is 1. The fraction of sp³-hybridized carbons (Fsp3) is 0.471. The van der Waals surface area contributed by atoms with Gasteiger partial charge in [-0.2, -0.15) is 4.98 Å². The summed E-state index contributed by atoms with van der Waals surface area (Å²) in [6.07, 6.45) is 0. The lowest BCUT2D eigenvalue weighted by Gasteiger charge is -2.38. The molecule has 25 heavy (non-hydrogen) atoms. The molecule has 1 fully saturated rings. The van der Waals surface area contributed by atoms with E-state index in [-0.39, 0.29) is 0 Å². The van der Waals surface area contributed by atoms with Crippen molar-refractivity contribution in [3.05, 3.63) is 36.0 Å². The first-order valence-electron chi connectivity index (χ1n) is 8.34. The van der Waals surface area contributed by atoms with Gasteiger partial charge in [0.25, 0.3) is 0 Å². The number of para-hydroxylation sites is 2. The molecule has 1 saturated heterocycles. The number of methoxy groups -OCH3 is 1. The number of hydrogen-bond acceptors (Lipinski definition) is 6. The topological polar surface area (TPSA) is 79.0 Å². The maximum atomic E-state index is 5.47. The normalized spacial score (nSPS) is 15.4. The Morgan fingerprint density at radius 2 is 2.04 bits per heavy atom. The molecule has 0 spiro atoms. The van der Waals surface area contributed by atoms with Crippen molar-refractivity contribution in [1.82, 2.24) is 20.4 Å². The number of piperazine rings is 1. The quantitative estimate of drug-likeness (QED) is 0.661. The fourth-order valence-corrected chi connectivity index (χ4v) is 2.95. The summed E-state index contributed by atoms with van der Waals surface area (Å²) in [5, 5.41) is 7.19. The van der Waals surface area contributed by atoms with Gasteiger partial charge in [0.05, 0.1) is 19.3 Å². The van der Waals surface area contributed by atoms with Crippen LogP contribution in [-0.2, 0) is 6.54 Å². The molecule has 0 bridgehead atoms. The van der Waals surface area contributed by atoms with Crippen molar-refractivity contribution in [2.75, 3.05) is 45.2 Å². The van der Waals surface area contributed by atoms with E-state index in [1.165, 1.54) is 0 Å². The van der Waals surface area contributed by atoms with Crippen LogP contribution in [-0.4, -0.2) is 61.3 Å². The van der Waals surface area contributed by atoms with Gasteiger partial charge in [-0.15, -0.1) is 0 Å². The minimum Gasteiger partial charge on any atom is -0.495 e. The van der Waals surface area contributed by atoms with Gasteiger partial charge in [-0.3, -0.25) is 4.99 Å². The second-order valence-electron chi connectivity index (χ2n) is 5.78. The van der Waals surface area contributed by atoms with Crippen LogP contribution in [0.2, 0.25) is 0 Å². The summed E-state index contributed by atoms with van der Waals surface area (Å²) < 4.78 is 10.5. The molecule has 0 aliphatic carbocycles. The lowest BCUT2D eigenvalue weighted by molar-refractivity contribution is 0.364. The Labute approximate surface area is 147 Å². The molecule has 0 atom stereocenters. The van der Waals surface area contributed by atoms with Gasteiger partial charge in [0.1, 0.15) is 5.75 Å². The Hall–Kier alpha value is -2.77. The Morgan fingerprint density at radius 3 is 2.68 bits per heavy atom. The first-order valence-corrected chi connectivity index (χ1v) is 8.34. The molecule has 0 unspecified atom stereocenters. The summed E-state index contributed by atoms with van der Waals surface area (Å²) in [6, 6.07) is 8.12. The second-order valence-corrected chi connectivity index (χ2v) is 5.78. The number of hydrogen-bond donors (Lipinski definition) is 1. The molecular weight excluding hydrogens is 320 g/mol. The second kappa shape index (κ2) is 7.87. The SMILES string of the molecule is CN=C(NCc1noc(C)n1)N1CCN(c2ccccc2OC)CC1. The van der Waals surface area contributed by atoms with E-state index in [4.69, 9.17) is 9.26 Å². The first kappa shape index (κ1) is 17.1. The van der Waals surface area contributed by atoms with Gasteiger partial charge in [0, 0.05) is 40.2 Å². The Balaban J connectivity index is 1.57. The van der Waals surface area contributed by atoms with Crippen LogP contribution in [0, 0.1) is 6.92 Å². The molecule has 1 aromatic heterocycles. The van der Waals surface area contributed by atoms with Crippen LogP contribution in [0.3, 0.4) is 0 Å². The molecule has 134 valence electrons. The van der Waals surface area contributed by atoms with Crippen LogP contribution in [0.25, 0.3) is 0 Å². The Morgan fingerprint density at radius 1 is 1.28 bits per heavy atom. The van der Waals surface area contributed by atoms with Crippen LogP contribution in [0.4, 0.5) is 5.69 Å². The van der Waals surface area contributed by atoms with Gasteiger partial charge >= 0.3 is 0 Å². The van der Waals surface area contributed by atoms with Crippen LogP contribution in [0.5, 0.6) is 5.75 Å². The zero-order chi connectivity index (χ0) is 17.6. The number of aliphatic imine (C=N–C) groups is 1. The van der Waals surface area contributed by atoms with Gasteiger partial charge in [0.15, 0.2) is 11.8 Å². The third-order valence-electron chi connectivity index (χ3n) is 4.19. The third-order valence-corrected chi connectivity index (χ3v) is 4.19. The summed E-state index contributed by atoms with van der Waals surface area (Å²) in [6.45, 7) is 5.84. The number of nitrogens with zero attached hydrogens (tertiary/aromatic N) is 5. The summed E-state index contributed by atoms with van der Waals surface area (Å²) in [7, 11) is 3.50. The van der Waals surface area contributed by atoms with Crippen molar-refractivity contribution in [2.45, 2.75) is 13.5 Å². The maximum Gasteiger partial charge on any atom is 0.223 e. The first-order chi connectivity index (χ1) is 12.2. The minimum absolute atomic E-state index is 0.497. The molecule has 1 N–H and O–H groups in total. The number of ether oxygens (including phenoxy) is 1. The van der Waals surface area contributed by atoms with Gasteiger partial charge in [-0.05, 0) is 12.1 Å². The average Bonchev–Trinajstić information content (AvgIpc) is 3.08. The molecule has 2 heterocycles. The van der Waals surface area contributed by atoms with Gasteiger partial charge < -0.3 is 24.4 Å². The van der Waals surface area contributed by atoms with Crippen molar-refractivity contribution < 1.29 is 9.26 Å². The molecule has 8 nitrogen and oxygen atoms in total. The fourth-order valence-electron chi connectivity index (χ4n) is 2.95. The molecule has 0 amide bonds. The van der Waals surface area contributed by atoms with Gasteiger partial charge in [-0.25, -0.2) is 0 Å². The molecule has 1 aliphatic rings. The van der Waals surface area contributed by atoms with Crippen molar-refractivity contribution in [3.8, 4) is 5.75 Å². The molecule has 1 aliphatic heterocycles. The average molecular weight is 344 g/mol. The largest absolute Gasteiger partial charge is 0.495 e. The van der Waals surface area contributed by atoms with E-state index in [2.05, 4.69) is 36.3 Å². The van der Waals surface area contributed by atoms with Crippen molar-refractivity contribution in [3.63, 3.8) is 0 Å². The van der Waals surface area contributed by atoms with Crippen LogP contribution < -0.4 is 15.0 Å². The molecule has 1 aromatic carbocycles. The predicted molar refractivity (Wildman–Crippen MR) is 96.0 cm³/mol. The van der Waals surface area contributed by atoms with E-state index in [1.54, 1.807) is 21.1 Å². The van der Waals surface area contributed by atoms with E-state index in [1.807, 2.05) is 18.2 Å². The highest BCUT2D eigenvalue weighted by Gasteiger charge is 2.21. The van der Waals surface area contributed by atoms with E-state index >= 15 is 0 Å². The standard InChI is InChI=1S/C17H24N6O2/c1-13-20-16(21-25-13)12-19-17(18-2)23-10-8-22(9-11-23)14-6-4-5-7-15(14)24-3/h4-7H,8-12H2,1-3H3,(H,18,19). The number of benzene rings is 1. The summed E-state index contributed by atoms with van der Waals surface area (Å²) in [5.74, 6) is 2.96. The monoisotopic (exact) mass is 344 g/mol. The summed E-state index contributed by atoms with van der Waals surface area (Å²) in [4.78, 5) is 13.1. The molecule has 0 saturated carbocycles. The Bertz CT molecular complexity index is 721. The molecule has 8 heteroatoms. The zero-order valence-electron chi connectivity index (χ0n) is 14.9. The van der Waals surface area contributed by atoms with E-state index < -0.39 is 0 Å². The number of rotatable bonds is 4. The van der Waals surface area contributed by atoms with Crippen LogP contribution >= 0.6 is 0 Å². The highest BCUT2D eigenvalue weighted by Crippen LogP contribution is 2.28. The van der Waals surface area contributed by atoms with E-state index in [0.29, 0.717) is 18.3 Å². The van der Waals surface area contributed by atoms with Gasteiger partial charge in [0.2, 0.25) is 5.89 Å². The highest BCUT2D eigenvalue weighted by atomic mass is 16.5. The molecule has 0 radical (unpaired) electrons. The zero-order valence-corrected chi connectivity index (χ0v) is 14.9. The molecule has 3 rings (SSSR count). The lowest BCUT2D eigenvalue weighted by Crippen LogP contribution is -2.52. The number of aryl methyl sites for hydroxylation is 1. The van der Waals surface area contributed by atoms with E-state index in [9.17, 15) is 0 Å². The number of aromatic nitrogens is 2. The third kappa shape index (κ3) is 4.01. The maximum absolute atomic E-state index is 5.47. The minimum atomic E-state index is 0.497. The van der Waals surface area contributed by atoms with Crippen molar-refractivity contribution in [1.29, 1.82) is 0 Å². The molecule has 2 aromatic rings.